The van der Waals surface area contributed by atoms with Crippen LogP contribution in [0.2, 0.25) is 5.15 Å². The molecular formula is C15H19ClN4O2S2. The number of nitrogens with one attached hydrogen (secondary N) is 2. The van der Waals surface area contributed by atoms with Gasteiger partial charge in [0, 0.05) is 34.8 Å². The molecule has 0 radical (unpaired) electrons. The molecule has 0 unspecified atom stereocenters. The van der Waals surface area contributed by atoms with Crippen molar-refractivity contribution in [2.45, 2.75) is 37.5 Å². The molecule has 0 saturated heterocycles. The fraction of sp³-hybridized carbons (Fsp3) is 0.467. The zero-order chi connectivity index (χ0) is 17.3. The average molecular weight is 387 g/mol. The molecule has 1 saturated carbocycles. The van der Waals surface area contributed by atoms with E-state index in [1.54, 1.807) is 12.1 Å². The Labute approximate surface area is 150 Å². The maximum Gasteiger partial charge on any atom is 0.241 e. The lowest BCUT2D eigenvalue weighted by molar-refractivity contribution is 0.582. The highest BCUT2D eigenvalue weighted by Gasteiger charge is 2.27. The van der Waals surface area contributed by atoms with Gasteiger partial charge in [0.2, 0.25) is 10.0 Å². The van der Waals surface area contributed by atoms with Gasteiger partial charge in [-0.2, -0.15) is 0 Å². The number of anilines is 1. The topological polar surface area (TPSA) is 84.0 Å². The zero-order valence-electron chi connectivity index (χ0n) is 13.5. The van der Waals surface area contributed by atoms with E-state index in [1.807, 2.05) is 13.8 Å². The van der Waals surface area contributed by atoms with Gasteiger partial charge in [0.15, 0.2) is 0 Å². The third-order valence-corrected chi connectivity index (χ3v) is 6.54. The summed E-state index contributed by atoms with van der Waals surface area (Å²) in [6, 6.07) is 3.34. The number of halogens is 1. The molecule has 1 fully saturated rings. The minimum absolute atomic E-state index is 0.261. The second kappa shape index (κ2) is 6.95. The van der Waals surface area contributed by atoms with E-state index in [9.17, 15) is 8.42 Å². The number of rotatable bonds is 7. The van der Waals surface area contributed by atoms with Gasteiger partial charge in [0.25, 0.3) is 0 Å². The highest BCUT2D eigenvalue weighted by molar-refractivity contribution is 7.89. The molecule has 0 aliphatic heterocycles. The maximum atomic E-state index is 12.3. The molecule has 2 aromatic heterocycles. The molecule has 9 heteroatoms. The van der Waals surface area contributed by atoms with E-state index < -0.39 is 10.0 Å². The van der Waals surface area contributed by atoms with Crippen molar-refractivity contribution in [2.75, 3.05) is 18.4 Å². The summed E-state index contributed by atoms with van der Waals surface area (Å²) in [6.45, 7) is 4.39. The van der Waals surface area contributed by atoms with Crippen LogP contribution in [-0.4, -0.2) is 31.5 Å². The minimum Gasteiger partial charge on any atom is -0.369 e. The van der Waals surface area contributed by atoms with E-state index >= 15 is 0 Å². The van der Waals surface area contributed by atoms with Crippen molar-refractivity contribution in [2.24, 2.45) is 0 Å². The second-order valence-electron chi connectivity index (χ2n) is 5.81. The van der Waals surface area contributed by atoms with Crippen LogP contribution >= 0.6 is 22.9 Å². The maximum absolute atomic E-state index is 12.3. The van der Waals surface area contributed by atoms with Gasteiger partial charge in [-0.15, -0.1) is 11.3 Å². The fourth-order valence-corrected chi connectivity index (χ4v) is 5.15. The largest absolute Gasteiger partial charge is 0.369 e. The first kappa shape index (κ1) is 17.6. The summed E-state index contributed by atoms with van der Waals surface area (Å²) in [5, 5.41) is 3.49. The Morgan fingerprint density at radius 3 is 2.62 bits per heavy atom. The van der Waals surface area contributed by atoms with Crippen molar-refractivity contribution >= 4 is 38.8 Å². The first-order valence-corrected chi connectivity index (χ1v) is 10.4. The lowest BCUT2D eigenvalue weighted by Crippen LogP contribution is -2.29. The van der Waals surface area contributed by atoms with Gasteiger partial charge in [-0.1, -0.05) is 11.6 Å². The quantitative estimate of drug-likeness (QED) is 0.564. The molecular weight excluding hydrogens is 368 g/mol. The summed E-state index contributed by atoms with van der Waals surface area (Å²) < 4.78 is 27.2. The molecule has 2 N–H and O–H groups in total. The standard InChI is InChI=1S/C15H19ClN4O2S2/c1-9-7-12(10(2)23-9)24(21,22)18-6-5-17-14-8-13(16)19-15(20-14)11-3-4-11/h7-8,11,18H,3-6H2,1-2H3,(H,17,19,20). The van der Waals surface area contributed by atoms with Crippen LogP contribution in [0.5, 0.6) is 0 Å². The minimum atomic E-state index is -3.48. The predicted octanol–water partition coefficient (Wildman–Crippen LogP) is 3.08. The monoisotopic (exact) mass is 386 g/mol. The van der Waals surface area contributed by atoms with Crippen LogP contribution in [0.3, 0.4) is 0 Å². The molecule has 0 amide bonds. The third-order valence-electron chi connectivity index (χ3n) is 3.66. The molecule has 0 spiro atoms. The fourth-order valence-electron chi connectivity index (χ4n) is 2.38. The van der Waals surface area contributed by atoms with E-state index in [-0.39, 0.29) is 6.54 Å². The van der Waals surface area contributed by atoms with Gasteiger partial charge < -0.3 is 5.32 Å². The van der Waals surface area contributed by atoms with Crippen LogP contribution < -0.4 is 10.0 Å². The second-order valence-corrected chi connectivity index (χ2v) is 9.39. The molecule has 24 heavy (non-hydrogen) atoms. The summed E-state index contributed by atoms with van der Waals surface area (Å²) in [5.41, 5.74) is 0. The number of hydrogen-bond donors (Lipinski definition) is 2. The van der Waals surface area contributed by atoms with E-state index in [1.165, 1.54) is 11.3 Å². The normalized spacial score (nSPS) is 14.8. The van der Waals surface area contributed by atoms with Crippen LogP contribution in [0, 0.1) is 13.8 Å². The van der Waals surface area contributed by atoms with Crippen LogP contribution in [0.25, 0.3) is 0 Å². The summed E-state index contributed by atoms with van der Waals surface area (Å²) in [6.07, 6.45) is 2.19. The van der Waals surface area contributed by atoms with Crippen LogP contribution in [0.4, 0.5) is 5.82 Å². The van der Waals surface area contributed by atoms with Gasteiger partial charge in [-0.3, -0.25) is 0 Å². The van der Waals surface area contributed by atoms with Crippen molar-refractivity contribution in [3.8, 4) is 0 Å². The molecule has 3 rings (SSSR count). The predicted molar refractivity (Wildman–Crippen MR) is 96.5 cm³/mol. The Hall–Kier alpha value is -1.22. The Bertz CT molecular complexity index is 847. The number of aryl methyl sites for hydroxylation is 2. The van der Waals surface area contributed by atoms with E-state index in [2.05, 4.69) is 20.0 Å². The van der Waals surface area contributed by atoms with Crippen molar-refractivity contribution in [1.82, 2.24) is 14.7 Å². The first-order chi connectivity index (χ1) is 11.3. The molecule has 0 aromatic carbocycles. The van der Waals surface area contributed by atoms with Crippen LogP contribution in [-0.2, 0) is 10.0 Å². The van der Waals surface area contributed by atoms with E-state index in [0.717, 1.165) is 28.4 Å². The van der Waals surface area contributed by atoms with Crippen molar-refractivity contribution in [3.63, 3.8) is 0 Å². The lowest BCUT2D eigenvalue weighted by atomic mass is 10.4. The summed E-state index contributed by atoms with van der Waals surface area (Å²) in [4.78, 5) is 10.8. The molecule has 6 nitrogen and oxygen atoms in total. The van der Waals surface area contributed by atoms with Crippen molar-refractivity contribution in [3.05, 3.63) is 32.9 Å². The summed E-state index contributed by atoms with van der Waals surface area (Å²) in [7, 11) is -3.48. The number of thiophene rings is 1. The molecule has 1 aliphatic rings. The van der Waals surface area contributed by atoms with Gasteiger partial charge in [0.05, 0.1) is 4.90 Å². The number of sulfonamides is 1. The van der Waals surface area contributed by atoms with Crippen LogP contribution in [0.15, 0.2) is 17.0 Å². The van der Waals surface area contributed by atoms with Gasteiger partial charge in [-0.25, -0.2) is 23.1 Å². The van der Waals surface area contributed by atoms with Crippen molar-refractivity contribution in [1.29, 1.82) is 0 Å². The van der Waals surface area contributed by atoms with Crippen molar-refractivity contribution < 1.29 is 8.42 Å². The van der Waals surface area contributed by atoms with E-state index in [0.29, 0.717) is 28.3 Å². The average Bonchev–Trinajstić information content (AvgIpc) is 3.28. The smallest absolute Gasteiger partial charge is 0.241 e. The molecule has 0 bridgehead atoms. The SMILES string of the molecule is Cc1cc(S(=O)(=O)NCCNc2cc(Cl)nc(C3CC3)n2)c(C)s1. The first-order valence-electron chi connectivity index (χ1n) is 7.70. The van der Waals surface area contributed by atoms with Gasteiger partial charge in [0.1, 0.15) is 16.8 Å². The van der Waals surface area contributed by atoms with Gasteiger partial charge in [-0.05, 0) is 32.8 Å². The molecule has 2 aromatic rings. The molecule has 0 atom stereocenters. The Morgan fingerprint density at radius 2 is 2.00 bits per heavy atom. The Kier molecular flexibility index (Phi) is 5.10. The molecule has 2 heterocycles. The van der Waals surface area contributed by atoms with Crippen LogP contribution in [0.1, 0.15) is 34.3 Å². The highest BCUT2D eigenvalue weighted by Crippen LogP contribution is 2.38. The van der Waals surface area contributed by atoms with Gasteiger partial charge >= 0.3 is 0 Å². The third kappa shape index (κ3) is 4.24. The molecule has 1 aliphatic carbocycles. The number of nitrogens with zero attached hydrogens (tertiary/aromatic N) is 2. The summed E-state index contributed by atoms with van der Waals surface area (Å²) in [5.74, 6) is 1.79. The highest BCUT2D eigenvalue weighted by atomic mass is 35.5. The summed E-state index contributed by atoms with van der Waals surface area (Å²) >= 11 is 7.48. The molecule has 130 valence electrons. The Balaban J connectivity index is 1.56. The zero-order valence-corrected chi connectivity index (χ0v) is 15.9. The van der Waals surface area contributed by atoms with E-state index in [4.69, 9.17) is 11.6 Å². The number of hydrogen-bond acceptors (Lipinski definition) is 6. The Morgan fingerprint density at radius 1 is 1.25 bits per heavy atom. The number of aromatic nitrogens is 2. The lowest BCUT2D eigenvalue weighted by Gasteiger charge is -2.09.